The Hall–Kier alpha value is -0.860. The third-order valence-corrected chi connectivity index (χ3v) is 0.671. The molecule has 0 atom stereocenters. The number of ether oxygens (including phenoxy) is 1. The van der Waals surface area contributed by atoms with E-state index in [1.54, 1.807) is 0 Å². The zero-order valence-electron chi connectivity index (χ0n) is 4.77. The summed E-state index contributed by atoms with van der Waals surface area (Å²) in [4.78, 5) is 10.2. The Morgan fingerprint density at radius 1 is 1.75 bits per heavy atom. The maximum atomic E-state index is 11.4. The van der Waals surface area contributed by atoms with Crippen LogP contribution in [0.15, 0.2) is 11.9 Å². The predicted octanol–water partition coefficient (Wildman–Crippen LogP) is 1.03. The second kappa shape index (κ2) is 3.18. The van der Waals surface area contributed by atoms with Crippen LogP contribution in [0.25, 0.3) is 0 Å². The van der Waals surface area contributed by atoms with Gasteiger partial charge in [0.2, 0.25) is 0 Å². The van der Waals surface area contributed by atoms with Crippen molar-refractivity contribution in [1.82, 2.24) is 0 Å². The molecule has 0 aliphatic heterocycles. The van der Waals surface area contributed by atoms with Crippen LogP contribution in [-0.2, 0) is 9.53 Å². The average molecular weight is 118 g/mol. The quantitative estimate of drug-likeness (QED) is 0.379. The molecule has 0 bridgehead atoms. The van der Waals surface area contributed by atoms with E-state index in [9.17, 15) is 9.18 Å². The van der Waals surface area contributed by atoms with Gasteiger partial charge in [-0.1, -0.05) is 0 Å². The highest BCUT2D eigenvalue weighted by atomic mass is 19.1. The fraction of sp³-hybridized carbons (Fsp3) is 0.400. The van der Waals surface area contributed by atoms with Crippen LogP contribution >= 0.6 is 0 Å². The summed E-state index contributed by atoms with van der Waals surface area (Å²) in [7, 11) is 1.20. The van der Waals surface area contributed by atoms with Crippen molar-refractivity contribution in [3.8, 4) is 0 Å². The summed E-state index contributed by atoms with van der Waals surface area (Å²) in [6.45, 7) is 1.34. The van der Waals surface area contributed by atoms with Gasteiger partial charge < -0.3 is 4.74 Å². The molecule has 0 saturated carbocycles. The van der Waals surface area contributed by atoms with Gasteiger partial charge in [-0.25, -0.2) is 9.18 Å². The number of methoxy groups -OCH3 is 1. The first-order valence-electron chi connectivity index (χ1n) is 2.07. The van der Waals surface area contributed by atoms with Crippen molar-refractivity contribution in [3.63, 3.8) is 0 Å². The van der Waals surface area contributed by atoms with E-state index >= 15 is 0 Å². The molecule has 0 spiro atoms. The molecule has 46 valence electrons. The molecule has 0 aliphatic rings. The molecule has 0 radical (unpaired) electrons. The summed E-state index contributed by atoms with van der Waals surface area (Å²) in [6, 6.07) is 0. The van der Waals surface area contributed by atoms with E-state index in [0.29, 0.717) is 0 Å². The van der Waals surface area contributed by atoms with E-state index in [2.05, 4.69) is 4.74 Å². The number of esters is 1. The fourth-order valence-corrected chi connectivity index (χ4v) is 0.206. The highest BCUT2D eigenvalue weighted by Crippen LogP contribution is 1.93. The maximum absolute atomic E-state index is 11.4. The summed E-state index contributed by atoms with van der Waals surface area (Å²) in [5.41, 5.74) is -0.0208. The van der Waals surface area contributed by atoms with Crippen LogP contribution in [0.2, 0.25) is 0 Å². The predicted molar refractivity (Wildman–Crippen MR) is 26.9 cm³/mol. The summed E-state index contributed by atoms with van der Waals surface area (Å²) in [6.07, 6.45) is 0.214. The van der Waals surface area contributed by atoms with Crippen molar-refractivity contribution in [2.45, 2.75) is 6.92 Å². The monoisotopic (exact) mass is 118 g/mol. The van der Waals surface area contributed by atoms with Crippen LogP contribution in [0.3, 0.4) is 0 Å². The van der Waals surface area contributed by atoms with Gasteiger partial charge in [0, 0.05) is 0 Å². The van der Waals surface area contributed by atoms with Gasteiger partial charge in [0.25, 0.3) is 0 Å². The van der Waals surface area contributed by atoms with Crippen LogP contribution < -0.4 is 0 Å². The lowest BCUT2D eigenvalue weighted by Crippen LogP contribution is -1.99. The van der Waals surface area contributed by atoms with Crippen LogP contribution in [0.1, 0.15) is 6.92 Å². The molecular formula is C5H7FO2. The van der Waals surface area contributed by atoms with Gasteiger partial charge in [-0.05, 0) is 6.92 Å². The van der Waals surface area contributed by atoms with Gasteiger partial charge in [0.1, 0.15) is 0 Å². The summed E-state index contributed by atoms with van der Waals surface area (Å²) < 4.78 is 15.5. The van der Waals surface area contributed by atoms with Crippen LogP contribution in [0.5, 0.6) is 0 Å². The zero-order chi connectivity index (χ0) is 6.57. The molecule has 2 nitrogen and oxygen atoms in total. The van der Waals surface area contributed by atoms with E-state index in [1.807, 2.05) is 0 Å². The van der Waals surface area contributed by atoms with Crippen LogP contribution in [0.4, 0.5) is 4.39 Å². The van der Waals surface area contributed by atoms with Gasteiger partial charge in [-0.15, -0.1) is 0 Å². The van der Waals surface area contributed by atoms with Gasteiger partial charge in [-0.2, -0.15) is 0 Å². The van der Waals surface area contributed by atoms with Crippen LogP contribution in [0, 0.1) is 0 Å². The molecule has 0 unspecified atom stereocenters. The van der Waals surface area contributed by atoms with Crippen molar-refractivity contribution < 1.29 is 13.9 Å². The first-order valence-corrected chi connectivity index (χ1v) is 2.07. The minimum atomic E-state index is -0.632. The number of rotatable bonds is 1. The standard InChI is InChI=1S/C5H7FO2/c1-4(3-6)5(7)8-2/h3H,1-2H3/b4-3-. The molecule has 0 amide bonds. The van der Waals surface area contributed by atoms with E-state index in [-0.39, 0.29) is 11.9 Å². The minimum Gasteiger partial charge on any atom is -0.466 e. The Labute approximate surface area is 47.0 Å². The molecule has 8 heavy (non-hydrogen) atoms. The number of halogens is 1. The number of carbonyl (C=O) groups excluding carboxylic acids is 1. The highest BCUT2D eigenvalue weighted by molar-refractivity contribution is 5.87. The Morgan fingerprint density at radius 2 is 2.25 bits per heavy atom. The first-order chi connectivity index (χ1) is 3.72. The molecule has 3 heteroatoms. The maximum Gasteiger partial charge on any atom is 0.335 e. The second-order valence-corrected chi connectivity index (χ2v) is 1.28. The summed E-state index contributed by atoms with van der Waals surface area (Å²) >= 11 is 0. The van der Waals surface area contributed by atoms with Gasteiger partial charge in [0.15, 0.2) is 0 Å². The van der Waals surface area contributed by atoms with E-state index in [4.69, 9.17) is 0 Å². The van der Waals surface area contributed by atoms with Crippen molar-refractivity contribution in [2.75, 3.05) is 7.11 Å². The van der Waals surface area contributed by atoms with Crippen molar-refractivity contribution in [3.05, 3.63) is 11.9 Å². The molecule has 0 N–H and O–H groups in total. The SMILES string of the molecule is COC(=O)/C(C)=C\F. The first kappa shape index (κ1) is 7.14. The lowest BCUT2D eigenvalue weighted by atomic mass is 10.4. The molecule has 0 aromatic rings. The Kier molecular flexibility index (Phi) is 2.84. The van der Waals surface area contributed by atoms with Crippen molar-refractivity contribution >= 4 is 5.97 Å². The number of hydrogen-bond donors (Lipinski definition) is 0. The largest absolute Gasteiger partial charge is 0.466 e. The number of carbonyl (C=O) groups is 1. The number of hydrogen-bond acceptors (Lipinski definition) is 2. The topological polar surface area (TPSA) is 26.3 Å². The molecule has 0 aromatic heterocycles. The smallest absolute Gasteiger partial charge is 0.335 e. The minimum absolute atomic E-state index is 0.0208. The van der Waals surface area contributed by atoms with E-state index < -0.39 is 5.97 Å². The van der Waals surface area contributed by atoms with Gasteiger partial charge in [-0.3, -0.25) is 0 Å². The van der Waals surface area contributed by atoms with Crippen molar-refractivity contribution in [2.24, 2.45) is 0 Å². The molecule has 0 aromatic carbocycles. The normalized spacial score (nSPS) is 11.1. The Balaban J connectivity index is 3.83. The average Bonchev–Trinajstić information content (AvgIpc) is 1.84. The highest BCUT2D eigenvalue weighted by Gasteiger charge is 2.00. The third-order valence-electron chi connectivity index (χ3n) is 0.671. The van der Waals surface area contributed by atoms with E-state index in [1.165, 1.54) is 14.0 Å². The van der Waals surface area contributed by atoms with E-state index in [0.717, 1.165) is 0 Å². The molecule has 0 heterocycles. The lowest BCUT2D eigenvalue weighted by molar-refractivity contribution is -0.136. The third kappa shape index (κ3) is 1.73. The summed E-state index contributed by atoms with van der Waals surface area (Å²) in [5, 5.41) is 0. The van der Waals surface area contributed by atoms with Crippen LogP contribution in [-0.4, -0.2) is 13.1 Å². The molecule has 0 rings (SSSR count). The van der Waals surface area contributed by atoms with Crippen molar-refractivity contribution in [1.29, 1.82) is 0 Å². The fourth-order valence-electron chi connectivity index (χ4n) is 0.206. The molecular weight excluding hydrogens is 111 g/mol. The molecule has 0 fully saturated rings. The Morgan fingerprint density at radius 3 is 2.38 bits per heavy atom. The van der Waals surface area contributed by atoms with Gasteiger partial charge in [0.05, 0.1) is 19.0 Å². The zero-order valence-corrected chi connectivity index (χ0v) is 4.77. The van der Waals surface area contributed by atoms with Gasteiger partial charge >= 0.3 is 5.97 Å². The molecule has 0 aliphatic carbocycles. The molecule has 0 saturated heterocycles. The summed E-state index contributed by atoms with van der Waals surface area (Å²) in [5.74, 6) is -0.632. The lowest BCUT2D eigenvalue weighted by Gasteiger charge is -1.92. The second-order valence-electron chi connectivity index (χ2n) is 1.28. The Bertz CT molecular complexity index is 118.